The topological polar surface area (TPSA) is 127 Å². The molecule has 1 fully saturated rings. The van der Waals surface area contributed by atoms with Crippen LogP contribution in [0.15, 0.2) is 24.3 Å². The molecule has 1 aliphatic heterocycles. The zero-order valence-corrected chi connectivity index (χ0v) is 28.9. The molecule has 1 aliphatic carbocycles. The molecule has 2 amide bonds. The second kappa shape index (κ2) is 12.1. The van der Waals surface area contributed by atoms with Crippen molar-refractivity contribution in [1.82, 2.24) is 0 Å². The van der Waals surface area contributed by atoms with Gasteiger partial charge in [0.25, 0.3) is 11.8 Å². The maximum absolute atomic E-state index is 14.0. The van der Waals surface area contributed by atoms with Gasteiger partial charge in [-0.15, -0.1) is 0 Å². The molecule has 45 heavy (non-hydrogen) atoms. The van der Waals surface area contributed by atoms with Crippen molar-refractivity contribution in [2.24, 2.45) is 11.3 Å². The fourth-order valence-corrected chi connectivity index (χ4v) is 7.09. The van der Waals surface area contributed by atoms with Gasteiger partial charge >= 0.3 is 11.9 Å². The van der Waals surface area contributed by atoms with Crippen molar-refractivity contribution in [1.29, 1.82) is 0 Å². The third kappa shape index (κ3) is 5.27. The van der Waals surface area contributed by atoms with Gasteiger partial charge in [-0.05, 0) is 49.5 Å². The number of anilines is 1. The van der Waals surface area contributed by atoms with Crippen LogP contribution in [0.1, 0.15) is 65.0 Å². The predicted molar refractivity (Wildman–Crippen MR) is 169 cm³/mol. The standard InChI is InChI=1S/C33H43NO10Si/c1-18-25(39-5)24(34-28(35)19-14-12-13-15-20(19)29(34)36)23(27(41-7)26(18)40-6)21(17-44-45(10,11)32(2,3)4)22-16-33(22,30(37)42-8)31(38)43-9/h12-15,21-22H,16-17H2,1-11H3. The zero-order chi connectivity index (χ0) is 33.6. The number of carbonyl (C=O) groups is 4. The second-order valence-corrected chi connectivity index (χ2v) is 17.7. The van der Waals surface area contributed by atoms with Crippen LogP contribution in [0.5, 0.6) is 17.2 Å². The maximum Gasteiger partial charge on any atom is 0.323 e. The van der Waals surface area contributed by atoms with E-state index in [9.17, 15) is 19.2 Å². The number of methoxy groups -OCH3 is 5. The molecule has 2 atom stereocenters. The summed E-state index contributed by atoms with van der Waals surface area (Å²) < 4.78 is 34.7. The highest BCUT2D eigenvalue weighted by molar-refractivity contribution is 6.74. The first-order valence-corrected chi connectivity index (χ1v) is 17.6. The Labute approximate surface area is 265 Å². The molecule has 0 N–H and O–H groups in total. The van der Waals surface area contributed by atoms with Crippen molar-refractivity contribution in [3.8, 4) is 17.2 Å². The smallest absolute Gasteiger partial charge is 0.323 e. The fourth-order valence-electron chi connectivity index (χ4n) is 6.07. The zero-order valence-electron chi connectivity index (χ0n) is 27.9. The third-order valence-electron chi connectivity index (χ3n) is 9.63. The highest BCUT2D eigenvalue weighted by atomic mass is 28.4. The number of amides is 2. The van der Waals surface area contributed by atoms with E-state index in [4.69, 9.17) is 28.1 Å². The number of esters is 2. The van der Waals surface area contributed by atoms with Gasteiger partial charge in [0.1, 0.15) is 11.4 Å². The average Bonchev–Trinajstić information content (AvgIpc) is 3.71. The van der Waals surface area contributed by atoms with Crippen molar-refractivity contribution in [2.75, 3.05) is 47.1 Å². The number of nitrogens with zero attached hydrogens (tertiary/aromatic N) is 1. The van der Waals surface area contributed by atoms with Gasteiger partial charge in [0.15, 0.2) is 25.2 Å². The summed E-state index contributed by atoms with van der Waals surface area (Å²) in [5, 5.41) is -0.180. The van der Waals surface area contributed by atoms with Crippen LogP contribution >= 0.6 is 0 Å². The van der Waals surface area contributed by atoms with Gasteiger partial charge < -0.3 is 28.1 Å². The van der Waals surface area contributed by atoms with Crippen LogP contribution in [-0.2, 0) is 23.5 Å². The molecule has 4 rings (SSSR count). The van der Waals surface area contributed by atoms with Gasteiger partial charge in [0.2, 0.25) is 0 Å². The van der Waals surface area contributed by atoms with E-state index in [0.29, 0.717) is 16.9 Å². The van der Waals surface area contributed by atoms with Crippen LogP contribution in [-0.4, -0.2) is 74.2 Å². The summed E-state index contributed by atoms with van der Waals surface area (Å²) in [5.41, 5.74) is -0.202. The summed E-state index contributed by atoms with van der Waals surface area (Å²) in [7, 11) is 4.36. The SMILES string of the molecule is COC(=O)C1(C(=O)OC)CC1C(CO[Si](C)(C)C(C)(C)C)c1c(OC)c(OC)c(C)c(OC)c1N1C(=O)c2ccccc2C1=O. The molecule has 11 nitrogen and oxygen atoms in total. The largest absolute Gasteiger partial charge is 0.494 e. The molecule has 1 saturated carbocycles. The highest BCUT2D eigenvalue weighted by Gasteiger charge is 2.71. The summed E-state index contributed by atoms with van der Waals surface area (Å²) in [6.07, 6.45) is 0.0844. The Hall–Kier alpha value is -3.90. The van der Waals surface area contributed by atoms with Crippen LogP contribution in [0.4, 0.5) is 5.69 Å². The molecule has 0 bridgehead atoms. The summed E-state index contributed by atoms with van der Waals surface area (Å²) in [4.78, 5) is 55.7. The highest BCUT2D eigenvalue weighted by Crippen LogP contribution is 2.65. The molecule has 0 saturated heterocycles. The van der Waals surface area contributed by atoms with Crippen LogP contribution in [0.2, 0.25) is 18.1 Å². The van der Waals surface area contributed by atoms with Crippen molar-refractivity contribution >= 4 is 37.8 Å². The molecule has 2 aromatic rings. The van der Waals surface area contributed by atoms with Gasteiger partial charge in [-0.1, -0.05) is 32.9 Å². The first kappa shape index (κ1) is 34.0. The number of rotatable bonds is 11. The molecule has 2 unspecified atom stereocenters. The van der Waals surface area contributed by atoms with Crippen molar-refractivity contribution < 1.29 is 47.3 Å². The molecule has 0 spiro atoms. The number of fused-ring (bicyclic) bond motifs is 1. The van der Waals surface area contributed by atoms with E-state index in [1.54, 1.807) is 31.2 Å². The van der Waals surface area contributed by atoms with Crippen LogP contribution < -0.4 is 19.1 Å². The predicted octanol–water partition coefficient (Wildman–Crippen LogP) is 5.28. The number of carbonyl (C=O) groups excluding carboxylic acids is 4. The average molecular weight is 642 g/mol. The summed E-state index contributed by atoms with van der Waals surface area (Å²) in [6, 6.07) is 6.56. The Morgan fingerprint density at radius 3 is 1.80 bits per heavy atom. The summed E-state index contributed by atoms with van der Waals surface area (Å²) >= 11 is 0. The fraction of sp³-hybridized carbons (Fsp3) is 0.515. The van der Waals surface area contributed by atoms with E-state index in [0.717, 1.165) is 4.90 Å². The first-order chi connectivity index (χ1) is 21.1. The molecule has 1 heterocycles. The number of imide groups is 1. The lowest BCUT2D eigenvalue weighted by Crippen LogP contribution is -2.42. The summed E-state index contributed by atoms with van der Waals surface area (Å²) in [5.74, 6) is -3.34. The lowest BCUT2D eigenvalue weighted by molar-refractivity contribution is -0.162. The number of ether oxygens (including phenoxy) is 5. The van der Waals surface area contributed by atoms with Crippen LogP contribution in [0.3, 0.4) is 0 Å². The van der Waals surface area contributed by atoms with E-state index in [-0.39, 0.29) is 46.4 Å². The Bertz CT molecular complexity index is 1490. The Balaban J connectivity index is 2.08. The van der Waals surface area contributed by atoms with Gasteiger partial charge in [-0.3, -0.25) is 19.2 Å². The molecule has 244 valence electrons. The molecular weight excluding hydrogens is 598 g/mol. The molecule has 2 aliphatic rings. The Morgan fingerprint density at radius 2 is 1.38 bits per heavy atom. The van der Waals surface area contributed by atoms with E-state index in [1.807, 2.05) is 0 Å². The van der Waals surface area contributed by atoms with Crippen LogP contribution in [0, 0.1) is 18.3 Å². The monoisotopic (exact) mass is 641 g/mol. The van der Waals surface area contributed by atoms with E-state index in [2.05, 4.69) is 33.9 Å². The van der Waals surface area contributed by atoms with E-state index >= 15 is 0 Å². The van der Waals surface area contributed by atoms with Crippen molar-refractivity contribution in [3.63, 3.8) is 0 Å². The molecule has 12 heteroatoms. The number of benzene rings is 2. The Morgan fingerprint density at radius 1 is 0.889 bits per heavy atom. The molecule has 0 aromatic heterocycles. The maximum atomic E-state index is 14.0. The minimum absolute atomic E-state index is 0.0266. The van der Waals surface area contributed by atoms with Crippen LogP contribution in [0.25, 0.3) is 0 Å². The van der Waals surface area contributed by atoms with E-state index < -0.39 is 49.3 Å². The lowest BCUT2D eigenvalue weighted by atomic mass is 9.85. The quantitative estimate of drug-likeness (QED) is 0.138. The lowest BCUT2D eigenvalue weighted by Gasteiger charge is -2.38. The number of hydrogen-bond acceptors (Lipinski definition) is 10. The molecule has 2 aromatic carbocycles. The third-order valence-corrected chi connectivity index (χ3v) is 14.1. The van der Waals surface area contributed by atoms with Gasteiger partial charge in [-0.25, -0.2) is 4.90 Å². The second-order valence-electron chi connectivity index (χ2n) is 12.9. The van der Waals surface area contributed by atoms with Gasteiger partial charge in [-0.2, -0.15) is 0 Å². The molecule has 0 radical (unpaired) electrons. The first-order valence-electron chi connectivity index (χ1n) is 14.7. The summed E-state index contributed by atoms with van der Waals surface area (Å²) in [6.45, 7) is 12.2. The minimum Gasteiger partial charge on any atom is -0.494 e. The molecular formula is C33H43NO10Si. The normalized spacial score (nSPS) is 17.8. The van der Waals surface area contributed by atoms with Crippen molar-refractivity contribution in [2.45, 2.75) is 58.2 Å². The number of hydrogen-bond donors (Lipinski definition) is 0. The van der Waals surface area contributed by atoms with Crippen molar-refractivity contribution in [3.05, 3.63) is 46.5 Å². The van der Waals surface area contributed by atoms with Gasteiger partial charge in [0, 0.05) is 23.7 Å². The van der Waals surface area contributed by atoms with Gasteiger partial charge in [0.05, 0.1) is 46.7 Å². The Kier molecular flexibility index (Phi) is 9.16. The van der Waals surface area contributed by atoms with E-state index in [1.165, 1.54) is 35.5 Å². The minimum atomic E-state index is -2.43.